The molecule has 2 aliphatic heterocycles. The lowest BCUT2D eigenvalue weighted by Gasteiger charge is -2.36. The van der Waals surface area contributed by atoms with Gasteiger partial charge in [-0.2, -0.15) is 0 Å². The van der Waals surface area contributed by atoms with Crippen LogP contribution in [-0.2, 0) is 14.8 Å². The molecule has 138 valence electrons. The number of amides is 1. The number of nitrogens with zero attached hydrogens (tertiary/aromatic N) is 3. The first-order valence-corrected chi connectivity index (χ1v) is 10.6. The number of carbonyl (C=O) groups is 1. The zero-order chi connectivity index (χ0) is 17.7. The van der Waals surface area contributed by atoms with E-state index in [4.69, 9.17) is 0 Å². The summed E-state index contributed by atoms with van der Waals surface area (Å²) in [6, 6.07) is 3.81. The maximum absolute atomic E-state index is 12.7. The molecule has 25 heavy (non-hydrogen) atoms. The van der Waals surface area contributed by atoms with Crippen LogP contribution in [0.4, 0.5) is 0 Å². The van der Waals surface area contributed by atoms with Crippen LogP contribution in [0.5, 0.6) is 0 Å². The summed E-state index contributed by atoms with van der Waals surface area (Å²) in [5.41, 5.74) is 1.01. The number of nitrogens with one attached hydrogen (secondary N) is 1. The van der Waals surface area contributed by atoms with Crippen LogP contribution in [-0.4, -0.2) is 67.0 Å². The molecule has 0 radical (unpaired) electrons. The van der Waals surface area contributed by atoms with Gasteiger partial charge in [0.1, 0.15) is 0 Å². The highest BCUT2D eigenvalue weighted by molar-refractivity contribution is 7.89. The molecule has 0 aromatic carbocycles. The minimum absolute atomic E-state index is 0.0203. The van der Waals surface area contributed by atoms with Crippen LogP contribution < -0.4 is 5.32 Å². The molecular formula is C17H26N4O3S. The van der Waals surface area contributed by atoms with E-state index in [1.165, 1.54) is 0 Å². The summed E-state index contributed by atoms with van der Waals surface area (Å²) in [6.07, 6.45) is 6.02. The Labute approximate surface area is 149 Å². The standard InChI is InChI=1S/C17H26N4O3S/c22-17(6-4-12-25(23,24)20-9-1-2-10-20)21-11-8-19-14-16(21)15-5-3-7-18-13-15/h3,5,7,13,16,19H,1-2,4,6,8-12,14H2. The Bertz CT molecular complexity index is 674. The van der Waals surface area contributed by atoms with Crippen LogP contribution in [0, 0.1) is 0 Å². The Balaban J connectivity index is 1.56. The van der Waals surface area contributed by atoms with E-state index >= 15 is 0 Å². The van der Waals surface area contributed by atoms with Crippen molar-refractivity contribution in [3.8, 4) is 0 Å². The van der Waals surface area contributed by atoms with Gasteiger partial charge in [0.2, 0.25) is 15.9 Å². The average molecular weight is 366 g/mol. The summed E-state index contributed by atoms with van der Waals surface area (Å²) in [5.74, 6) is 0.0783. The van der Waals surface area contributed by atoms with Crippen molar-refractivity contribution < 1.29 is 13.2 Å². The van der Waals surface area contributed by atoms with Crippen LogP contribution >= 0.6 is 0 Å². The molecule has 0 aliphatic carbocycles. The van der Waals surface area contributed by atoms with E-state index in [0.717, 1.165) is 24.9 Å². The van der Waals surface area contributed by atoms with E-state index in [9.17, 15) is 13.2 Å². The van der Waals surface area contributed by atoms with Crippen molar-refractivity contribution in [3.63, 3.8) is 0 Å². The molecule has 7 nitrogen and oxygen atoms in total. The van der Waals surface area contributed by atoms with Crippen LogP contribution in [0.1, 0.15) is 37.3 Å². The lowest BCUT2D eigenvalue weighted by molar-refractivity contribution is -0.134. The van der Waals surface area contributed by atoms with E-state index in [1.807, 2.05) is 17.0 Å². The Morgan fingerprint density at radius 3 is 2.80 bits per heavy atom. The SMILES string of the molecule is O=C(CCCS(=O)(=O)N1CCCC1)N1CCNCC1c1cccnc1. The predicted octanol–water partition coefficient (Wildman–Crippen LogP) is 0.760. The first-order chi connectivity index (χ1) is 12.1. The van der Waals surface area contributed by atoms with Crippen molar-refractivity contribution in [1.82, 2.24) is 19.5 Å². The number of aromatic nitrogens is 1. The third kappa shape index (κ3) is 4.56. The lowest BCUT2D eigenvalue weighted by Crippen LogP contribution is -2.48. The first-order valence-electron chi connectivity index (χ1n) is 8.96. The minimum Gasteiger partial charge on any atom is -0.333 e. The van der Waals surface area contributed by atoms with Crippen molar-refractivity contribution in [2.75, 3.05) is 38.5 Å². The van der Waals surface area contributed by atoms with Gasteiger partial charge in [0, 0.05) is 51.5 Å². The van der Waals surface area contributed by atoms with E-state index in [0.29, 0.717) is 32.6 Å². The monoisotopic (exact) mass is 366 g/mol. The fourth-order valence-corrected chi connectivity index (χ4v) is 5.10. The van der Waals surface area contributed by atoms with Gasteiger partial charge in [-0.3, -0.25) is 9.78 Å². The van der Waals surface area contributed by atoms with Gasteiger partial charge in [0.15, 0.2) is 0 Å². The second kappa shape index (κ2) is 8.25. The zero-order valence-electron chi connectivity index (χ0n) is 14.4. The van der Waals surface area contributed by atoms with Crippen LogP contribution in [0.15, 0.2) is 24.5 Å². The molecule has 2 saturated heterocycles. The molecule has 8 heteroatoms. The molecule has 1 aromatic rings. The Kier molecular flexibility index (Phi) is 6.03. The second-order valence-corrected chi connectivity index (χ2v) is 8.71. The van der Waals surface area contributed by atoms with Gasteiger partial charge in [-0.15, -0.1) is 0 Å². The summed E-state index contributed by atoms with van der Waals surface area (Å²) in [5, 5.41) is 3.31. The minimum atomic E-state index is -3.21. The number of pyridine rings is 1. The third-order valence-electron chi connectivity index (χ3n) is 4.88. The Hall–Kier alpha value is -1.51. The molecule has 1 amide bonds. The van der Waals surface area contributed by atoms with Crippen LogP contribution in [0.3, 0.4) is 0 Å². The Morgan fingerprint density at radius 1 is 1.28 bits per heavy atom. The number of hydrogen-bond acceptors (Lipinski definition) is 5. The topological polar surface area (TPSA) is 82.6 Å². The molecule has 3 rings (SSSR count). The average Bonchev–Trinajstić information content (AvgIpc) is 3.18. The van der Waals surface area contributed by atoms with E-state index < -0.39 is 10.0 Å². The summed E-state index contributed by atoms with van der Waals surface area (Å²) < 4.78 is 26.1. The van der Waals surface area contributed by atoms with Crippen molar-refractivity contribution in [2.45, 2.75) is 31.7 Å². The second-order valence-electron chi connectivity index (χ2n) is 6.62. The van der Waals surface area contributed by atoms with E-state index in [2.05, 4.69) is 10.3 Å². The van der Waals surface area contributed by atoms with Gasteiger partial charge in [-0.25, -0.2) is 12.7 Å². The fraction of sp³-hybridized carbons (Fsp3) is 0.647. The molecule has 3 heterocycles. The highest BCUT2D eigenvalue weighted by Crippen LogP contribution is 2.23. The summed E-state index contributed by atoms with van der Waals surface area (Å²) in [6.45, 7) is 3.34. The molecule has 0 spiro atoms. The van der Waals surface area contributed by atoms with Crippen molar-refractivity contribution in [3.05, 3.63) is 30.1 Å². The molecular weight excluding hydrogens is 340 g/mol. The lowest BCUT2D eigenvalue weighted by atomic mass is 10.0. The number of rotatable bonds is 6. The predicted molar refractivity (Wildman–Crippen MR) is 95.4 cm³/mol. The normalized spacial score (nSPS) is 22.2. The highest BCUT2D eigenvalue weighted by Gasteiger charge is 2.29. The van der Waals surface area contributed by atoms with Gasteiger partial charge in [-0.05, 0) is 30.9 Å². The maximum Gasteiger partial charge on any atom is 0.223 e. The molecule has 1 aromatic heterocycles. The van der Waals surface area contributed by atoms with Crippen molar-refractivity contribution in [1.29, 1.82) is 0 Å². The summed E-state index contributed by atoms with van der Waals surface area (Å²) in [7, 11) is -3.21. The quantitative estimate of drug-likeness (QED) is 0.804. The zero-order valence-corrected chi connectivity index (χ0v) is 15.2. The smallest absolute Gasteiger partial charge is 0.223 e. The highest BCUT2D eigenvalue weighted by atomic mass is 32.2. The molecule has 0 bridgehead atoms. The number of carbonyl (C=O) groups excluding carboxylic acids is 1. The first kappa shape index (κ1) is 18.3. The van der Waals surface area contributed by atoms with Gasteiger partial charge in [0.25, 0.3) is 0 Å². The van der Waals surface area contributed by atoms with Gasteiger partial charge in [0.05, 0.1) is 11.8 Å². The molecule has 1 atom stereocenters. The summed E-state index contributed by atoms with van der Waals surface area (Å²) in [4.78, 5) is 18.7. The van der Waals surface area contributed by atoms with E-state index in [-0.39, 0.29) is 24.1 Å². The van der Waals surface area contributed by atoms with Gasteiger partial charge >= 0.3 is 0 Å². The third-order valence-corrected chi connectivity index (χ3v) is 6.84. The van der Waals surface area contributed by atoms with Crippen LogP contribution in [0.25, 0.3) is 0 Å². The van der Waals surface area contributed by atoms with E-state index in [1.54, 1.807) is 16.7 Å². The largest absolute Gasteiger partial charge is 0.333 e. The molecule has 2 aliphatic rings. The molecule has 1 unspecified atom stereocenters. The van der Waals surface area contributed by atoms with Gasteiger partial charge in [-0.1, -0.05) is 6.07 Å². The molecule has 2 fully saturated rings. The van der Waals surface area contributed by atoms with Crippen molar-refractivity contribution in [2.24, 2.45) is 0 Å². The maximum atomic E-state index is 12.7. The van der Waals surface area contributed by atoms with Gasteiger partial charge < -0.3 is 10.2 Å². The molecule has 1 N–H and O–H groups in total. The Morgan fingerprint density at radius 2 is 2.08 bits per heavy atom. The van der Waals surface area contributed by atoms with Crippen LogP contribution in [0.2, 0.25) is 0 Å². The number of sulfonamides is 1. The number of hydrogen-bond donors (Lipinski definition) is 1. The fourth-order valence-electron chi connectivity index (χ4n) is 3.52. The van der Waals surface area contributed by atoms with Crippen molar-refractivity contribution >= 4 is 15.9 Å². The molecule has 0 saturated carbocycles. The number of piperazine rings is 1. The summed E-state index contributed by atoms with van der Waals surface area (Å²) >= 11 is 0.